The molecular formula is C17H17NO4. The van der Waals surface area contributed by atoms with Crippen molar-refractivity contribution in [3.05, 3.63) is 53.5 Å². The van der Waals surface area contributed by atoms with Crippen molar-refractivity contribution < 1.29 is 18.7 Å². The maximum Gasteiger partial charge on any atom is 0.352 e. The highest BCUT2D eigenvalue weighted by atomic mass is 16.5. The first-order valence-corrected chi connectivity index (χ1v) is 6.81. The van der Waals surface area contributed by atoms with Crippen LogP contribution in [0.5, 0.6) is 0 Å². The maximum absolute atomic E-state index is 12.1. The van der Waals surface area contributed by atoms with Gasteiger partial charge in [-0.3, -0.25) is 4.79 Å². The zero-order chi connectivity index (χ0) is 16.1. The molecule has 1 heterocycles. The van der Waals surface area contributed by atoms with Crippen molar-refractivity contribution in [1.82, 2.24) is 0 Å². The molecule has 114 valence electrons. The van der Waals surface area contributed by atoms with Gasteiger partial charge in [0, 0.05) is 0 Å². The number of aryl methyl sites for hydroxylation is 2. The Kier molecular flexibility index (Phi) is 4.88. The van der Waals surface area contributed by atoms with E-state index in [1.54, 1.807) is 18.2 Å². The summed E-state index contributed by atoms with van der Waals surface area (Å²) >= 11 is 0. The largest absolute Gasteiger partial charge is 0.465 e. The van der Waals surface area contributed by atoms with Crippen LogP contribution in [-0.2, 0) is 9.53 Å². The van der Waals surface area contributed by atoms with Crippen LogP contribution in [-0.4, -0.2) is 24.6 Å². The first-order chi connectivity index (χ1) is 10.5. The fraction of sp³-hybridized carbons (Fsp3) is 0.235. The number of furan rings is 1. The molecule has 2 rings (SSSR count). The second-order valence-corrected chi connectivity index (χ2v) is 4.90. The fourth-order valence-corrected chi connectivity index (χ4v) is 1.90. The van der Waals surface area contributed by atoms with Crippen molar-refractivity contribution in [2.75, 3.05) is 7.11 Å². The molecule has 0 aliphatic carbocycles. The number of rotatable bonds is 5. The summed E-state index contributed by atoms with van der Waals surface area (Å²) in [5, 5.41) is 0. The molecule has 0 unspecified atom stereocenters. The summed E-state index contributed by atoms with van der Waals surface area (Å²) in [6.07, 6.45) is 1.23. The molecule has 5 heteroatoms. The van der Waals surface area contributed by atoms with Gasteiger partial charge in [-0.15, -0.1) is 0 Å². The van der Waals surface area contributed by atoms with Gasteiger partial charge < -0.3 is 9.15 Å². The lowest BCUT2D eigenvalue weighted by Crippen LogP contribution is -2.19. The topological polar surface area (TPSA) is 68.9 Å². The summed E-state index contributed by atoms with van der Waals surface area (Å²) in [5.74, 6) is -0.757. The molecule has 0 bridgehead atoms. The lowest BCUT2D eigenvalue weighted by Gasteiger charge is -2.05. The summed E-state index contributed by atoms with van der Waals surface area (Å²) in [4.78, 5) is 28.2. The molecule has 0 spiro atoms. The average Bonchev–Trinajstić information content (AvgIpc) is 3.03. The van der Waals surface area contributed by atoms with Crippen LogP contribution in [0.25, 0.3) is 0 Å². The van der Waals surface area contributed by atoms with E-state index >= 15 is 0 Å². The number of methoxy groups -OCH3 is 1. The van der Waals surface area contributed by atoms with E-state index in [0.29, 0.717) is 5.69 Å². The molecule has 0 aliphatic rings. The smallest absolute Gasteiger partial charge is 0.352 e. The molecule has 0 fully saturated rings. The molecule has 0 radical (unpaired) electrons. The molecule has 0 saturated heterocycles. The predicted molar refractivity (Wildman–Crippen MR) is 82.7 cm³/mol. The third-order valence-corrected chi connectivity index (χ3v) is 3.30. The molecule has 2 aromatic rings. The molecule has 5 nitrogen and oxygen atoms in total. The Labute approximate surface area is 128 Å². The molecule has 1 aromatic heterocycles. The Morgan fingerprint density at radius 1 is 1.18 bits per heavy atom. The minimum atomic E-state index is -0.627. The van der Waals surface area contributed by atoms with Gasteiger partial charge in [0.15, 0.2) is 5.76 Å². The quantitative estimate of drug-likeness (QED) is 0.482. The third-order valence-electron chi connectivity index (χ3n) is 3.30. The fourth-order valence-electron chi connectivity index (χ4n) is 1.90. The van der Waals surface area contributed by atoms with Gasteiger partial charge in [0.1, 0.15) is 5.71 Å². The summed E-state index contributed by atoms with van der Waals surface area (Å²) in [6, 6.07) is 8.73. The van der Waals surface area contributed by atoms with Crippen LogP contribution < -0.4 is 0 Å². The second-order valence-electron chi connectivity index (χ2n) is 4.90. The number of hydrogen-bond acceptors (Lipinski definition) is 5. The summed E-state index contributed by atoms with van der Waals surface area (Å²) in [5.41, 5.74) is 2.84. The van der Waals surface area contributed by atoms with Gasteiger partial charge in [-0.2, -0.15) is 0 Å². The van der Waals surface area contributed by atoms with Gasteiger partial charge in [0.2, 0.25) is 5.78 Å². The van der Waals surface area contributed by atoms with Crippen LogP contribution in [0.1, 0.15) is 28.1 Å². The third kappa shape index (κ3) is 3.69. The SMILES string of the molecule is COC(=O)C(CC(=O)c1ccco1)=Nc1ccc(C)c(C)c1. The van der Waals surface area contributed by atoms with E-state index in [2.05, 4.69) is 4.99 Å². The van der Waals surface area contributed by atoms with Gasteiger partial charge in [-0.05, 0) is 49.2 Å². The number of ketones is 1. The lowest BCUT2D eigenvalue weighted by molar-refractivity contribution is -0.132. The van der Waals surface area contributed by atoms with E-state index in [-0.39, 0.29) is 23.7 Å². The van der Waals surface area contributed by atoms with E-state index in [4.69, 9.17) is 9.15 Å². The average molecular weight is 299 g/mol. The van der Waals surface area contributed by atoms with Crippen molar-refractivity contribution in [3.63, 3.8) is 0 Å². The highest BCUT2D eigenvalue weighted by molar-refractivity contribution is 6.41. The van der Waals surface area contributed by atoms with Crippen molar-refractivity contribution in [3.8, 4) is 0 Å². The normalized spacial score (nSPS) is 11.3. The van der Waals surface area contributed by atoms with E-state index < -0.39 is 5.97 Å². The Hall–Kier alpha value is -2.69. The molecule has 0 atom stereocenters. The number of esters is 1. The van der Waals surface area contributed by atoms with Crippen molar-refractivity contribution in [2.24, 2.45) is 4.99 Å². The first kappa shape index (κ1) is 15.7. The van der Waals surface area contributed by atoms with Gasteiger partial charge in [-0.25, -0.2) is 9.79 Å². The Balaban J connectivity index is 2.29. The van der Waals surface area contributed by atoms with Gasteiger partial charge in [0.25, 0.3) is 0 Å². The summed E-state index contributed by atoms with van der Waals surface area (Å²) < 4.78 is 9.74. The minimum Gasteiger partial charge on any atom is -0.465 e. The Morgan fingerprint density at radius 2 is 1.95 bits per heavy atom. The molecule has 0 N–H and O–H groups in total. The van der Waals surface area contributed by atoms with Crippen molar-refractivity contribution in [1.29, 1.82) is 0 Å². The minimum absolute atomic E-state index is 0.0483. The van der Waals surface area contributed by atoms with Crippen LogP contribution in [0.15, 0.2) is 46.0 Å². The van der Waals surface area contributed by atoms with Gasteiger partial charge >= 0.3 is 5.97 Å². The number of carbonyl (C=O) groups excluding carboxylic acids is 2. The van der Waals surface area contributed by atoms with Crippen LogP contribution in [0.4, 0.5) is 5.69 Å². The molecule has 22 heavy (non-hydrogen) atoms. The standard InChI is InChI=1S/C17H17NO4/c1-11-6-7-13(9-12(11)2)18-14(17(20)21-3)10-15(19)16-5-4-8-22-16/h4-9H,10H2,1-3H3. The maximum atomic E-state index is 12.1. The summed E-state index contributed by atoms with van der Waals surface area (Å²) in [7, 11) is 1.26. The van der Waals surface area contributed by atoms with E-state index in [0.717, 1.165) is 11.1 Å². The molecule has 0 amide bonds. The number of aliphatic imine (C=N–C) groups is 1. The van der Waals surface area contributed by atoms with Gasteiger partial charge in [0.05, 0.1) is 25.5 Å². The summed E-state index contributed by atoms with van der Waals surface area (Å²) in [6.45, 7) is 3.95. The molecule has 1 aromatic carbocycles. The Bertz CT molecular complexity index is 714. The zero-order valence-electron chi connectivity index (χ0n) is 12.8. The van der Waals surface area contributed by atoms with Crippen LogP contribution in [0, 0.1) is 13.8 Å². The van der Waals surface area contributed by atoms with E-state index in [9.17, 15) is 9.59 Å². The molecule has 0 aliphatic heterocycles. The second kappa shape index (κ2) is 6.85. The molecule has 0 saturated carbocycles. The molecular weight excluding hydrogens is 282 g/mol. The van der Waals surface area contributed by atoms with Crippen molar-refractivity contribution in [2.45, 2.75) is 20.3 Å². The monoisotopic (exact) mass is 299 g/mol. The number of ether oxygens (including phenoxy) is 1. The number of hydrogen-bond donors (Lipinski definition) is 0. The number of carbonyl (C=O) groups is 2. The highest BCUT2D eigenvalue weighted by Crippen LogP contribution is 2.18. The lowest BCUT2D eigenvalue weighted by atomic mass is 10.1. The predicted octanol–water partition coefficient (Wildman–Crippen LogP) is 3.41. The number of nitrogens with zero attached hydrogens (tertiary/aromatic N) is 1. The van der Waals surface area contributed by atoms with Crippen LogP contribution >= 0.6 is 0 Å². The van der Waals surface area contributed by atoms with Crippen LogP contribution in [0.2, 0.25) is 0 Å². The van der Waals surface area contributed by atoms with E-state index in [1.807, 2.05) is 26.0 Å². The van der Waals surface area contributed by atoms with Crippen molar-refractivity contribution >= 4 is 23.2 Å². The first-order valence-electron chi connectivity index (χ1n) is 6.81. The van der Waals surface area contributed by atoms with Crippen LogP contribution in [0.3, 0.4) is 0 Å². The Morgan fingerprint density at radius 3 is 2.55 bits per heavy atom. The van der Waals surface area contributed by atoms with E-state index in [1.165, 1.54) is 13.4 Å². The number of Topliss-reactive ketones (excluding diaryl/α,β-unsaturated/α-hetero) is 1. The van der Waals surface area contributed by atoms with Gasteiger partial charge in [-0.1, -0.05) is 6.07 Å². The zero-order valence-corrected chi connectivity index (χ0v) is 12.8. The number of benzene rings is 1. The highest BCUT2D eigenvalue weighted by Gasteiger charge is 2.19.